The van der Waals surface area contributed by atoms with Gasteiger partial charge in [0.1, 0.15) is 6.61 Å². The minimum Gasteiger partial charge on any atom is -0.490 e. The Balaban J connectivity index is 1.58. The summed E-state index contributed by atoms with van der Waals surface area (Å²) in [6.45, 7) is 7.02. The first-order valence-corrected chi connectivity index (χ1v) is 16.2. The van der Waals surface area contributed by atoms with Gasteiger partial charge in [-0.2, -0.15) is 0 Å². The number of hydrogen-bond acceptors (Lipinski definition) is 9. The fraction of sp³-hybridized carbons (Fsp3) is 0.265. The van der Waals surface area contributed by atoms with E-state index < -0.39 is 12.0 Å². The van der Waals surface area contributed by atoms with Crippen molar-refractivity contribution in [2.24, 2.45) is 4.99 Å². The SMILES string of the molecule is CCOc1ccc([C@H]2C(C(=O)OC)=CN=c3s/c(=C\c4cc(Cl)c(OCc5ccccc5Cl)c(OCC)c4)c(=O)n32)cc1OCC. The normalized spacial score (nSPS) is 14.2. The Labute approximate surface area is 279 Å². The van der Waals surface area contributed by atoms with Crippen LogP contribution in [0.4, 0.5) is 0 Å². The van der Waals surface area contributed by atoms with Crippen LogP contribution in [-0.2, 0) is 16.1 Å². The summed E-state index contributed by atoms with van der Waals surface area (Å²) in [7, 11) is 1.29. The van der Waals surface area contributed by atoms with Crippen LogP contribution in [0.25, 0.3) is 6.08 Å². The van der Waals surface area contributed by atoms with E-state index in [1.807, 2.05) is 39.0 Å². The van der Waals surface area contributed by atoms with Crippen molar-refractivity contribution in [3.63, 3.8) is 0 Å². The molecule has 1 aromatic heterocycles. The molecular formula is C34H32Cl2N2O7S. The van der Waals surface area contributed by atoms with Gasteiger partial charge in [0.25, 0.3) is 5.56 Å². The molecule has 1 aliphatic heterocycles. The predicted octanol–water partition coefficient (Wildman–Crippen LogP) is 6.10. The van der Waals surface area contributed by atoms with Crippen molar-refractivity contribution in [2.75, 3.05) is 26.9 Å². The van der Waals surface area contributed by atoms with Gasteiger partial charge in [0.15, 0.2) is 27.8 Å². The average Bonchev–Trinajstić information content (AvgIpc) is 3.36. The molecule has 3 aromatic carbocycles. The van der Waals surface area contributed by atoms with E-state index in [1.54, 1.807) is 42.5 Å². The van der Waals surface area contributed by atoms with Crippen molar-refractivity contribution >= 4 is 46.6 Å². The number of carbonyl (C=O) groups is 1. The minimum absolute atomic E-state index is 0.191. The van der Waals surface area contributed by atoms with Crippen LogP contribution in [0.3, 0.4) is 0 Å². The number of carbonyl (C=O) groups excluding carboxylic acids is 1. The number of aromatic nitrogens is 1. The summed E-state index contributed by atoms with van der Waals surface area (Å²) in [6, 6.07) is 15.4. The van der Waals surface area contributed by atoms with E-state index in [-0.39, 0.29) is 17.7 Å². The standard InChI is InChI=1S/C34H32Cl2N2O7S/c1-5-42-26-13-12-21(17-27(26)43-6-2)30-23(33(40)41-4)18-37-34-38(30)32(39)29(46-34)16-20-14-25(36)31(28(15-20)44-7-3)45-19-22-10-8-9-11-24(22)35/h8-18,30H,5-7,19H2,1-4H3/b29-16-/t30-/m0/s1. The third kappa shape index (κ3) is 6.94. The molecule has 1 aliphatic rings. The Morgan fingerprint density at radius 3 is 2.35 bits per heavy atom. The summed E-state index contributed by atoms with van der Waals surface area (Å²) in [5, 5.41) is 0.886. The molecule has 12 heteroatoms. The average molecular weight is 684 g/mol. The fourth-order valence-corrected chi connectivity index (χ4v) is 6.41. The molecule has 1 atom stereocenters. The maximum atomic E-state index is 14.0. The maximum absolute atomic E-state index is 14.0. The molecule has 0 radical (unpaired) electrons. The highest BCUT2D eigenvalue weighted by Gasteiger charge is 2.31. The summed E-state index contributed by atoms with van der Waals surface area (Å²) in [5.74, 6) is 1.25. The first kappa shape index (κ1) is 33.1. The molecule has 0 saturated heterocycles. The third-order valence-corrected chi connectivity index (χ3v) is 8.61. The second kappa shape index (κ2) is 14.9. The monoisotopic (exact) mass is 682 g/mol. The van der Waals surface area contributed by atoms with Crippen LogP contribution in [0.5, 0.6) is 23.0 Å². The molecule has 0 bridgehead atoms. The third-order valence-electron chi connectivity index (χ3n) is 6.97. The van der Waals surface area contributed by atoms with Crippen molar-refractivity contribution in [1.29, 1.82) is 0 Å². The molecule has 0 amide bonds. The molecule has 2 heterocycles. The summed E-state index contributed by atoms with van der Waals surface area (Å²) >= 11 is 14.2. The van der Waals surface area contributed by atoms with Gasteiger partial charge in [0.2, 0.25) is 0 Å². The lowest BCUT2D eigenvalue weighted by Gasteiger charge is -2.23. The van der Waals surface area contributed by atoms with E-state index >= 15 is 0 Å². The number of fused-ring (bicyclic) bond motifs is 1. The Hall–Kier alpha value is -4.25. The Morgan fingerprint density at radius 2 is 1.63 bits per heavy atom. The zero-order valence-corrected chi connectivity index (χ0v) is 28.0. The summed E-state index contributed by atoms with van der Waals surface area (Å²) in [6.07, 6.45) is 3.15. The molecular weight excluding hydrogens is 651 g/mol. The quantitative estimate of drug-likeness (QED) is 0.167. The number of methoxy groups -OCH3 is 1. The topological polar surface area (TPSA) is 97.6 Å². The molecule has 9 nitrogen and oxygen atoms in total. The Morgan fingerprint density at radius 1 is 0.913 bits per heavy atom. The molecule has 0 unspecified atom stereocenters. The predicted molar refractivity (Wildman–Crippen MR) is 178 cm³/mol. The van der Waals surface area contributed by atoms with E-state index in [9.17, 15) is 9.59 Å². The zero-order valence-electron chi connectivity index (χ0n) is 25.7. The van der Waals surface area contributed by atoms with Crippen LogP contribution in [-0.4, -0.2) is 37.5 Å². The van der Waals surface area contributed by atoms with E-state index in [0.717, 1.165) is 5.56 Å². The number of nitrogens with zero attached hydrogens (tertiary/aromatic N) is 2. The van der Waals surface area contributed by atoms with Gasteiger partial charge in [-0.15, -0.1) is 0 Å². The van der Waals surface area contributed by atoms with Gasteiger partial charge < -0.3 is 23.7 Å². The zero-order chi connectivity index (χ0) is 32.8. The number of ether oxygens (including phenoxy) is 5. The Kier molecular flexibility index (Phi) is 10.7. The first-order valence-electron chi connectivity index (χ1n) is 14.6. The van der Waals surface area contributed by atoms with Gasteiger partial charge in [0, 0.05) is 16.8 Å². The molecule has 0 fully saturated rings. The van der Waals surface area contributed by atoms with Crippen LogP contribution < -0.4 is 33.8 Å². The van der Waals surface area contributed by atoms with Gasteiger partial charge in [-0.25, -0.2) is 9.79 Å². The Bertz CT molecular complexity index is 1970. The molecule has 5 rings (SSSR count). The summed E-state index contributed by atoms with van der Waals surface area (Å²) < 4.78 is 30.4. The van der Waals surface area contributed by atoms with Crippen molar-refractivity contribution in [3.8, 4) is 23.0 Å². The second-order valence-electron chi connectivity index (χ2n) is 9.89. The highest BCUT2D eigenvalue weighted by atomic mass is 35.5. The van der Waals surface area contributed by atoms with E-state index in [2.05, 4.69) is 4.99 Å². The highest BCUT2D eigenvalue weighted by Crippen LogP contribution is 2.38. The van der Waals surface area contributed by atoms with E-state index in [0.29, 0.717) is 73.3 Å². The van der Waals surface area contributed by atoms with Crippen molar-refractivity contribution < 1.29 is 28.5 Å². The number of hydrogen-bond donors (Lipinski definition) is 0. The van der Waals surface area contributed by atoms with Gasteiger partial charge in [-0.3, -0.25) is 9.36 Å². The lowest BCUT2D eigenvalue weighted by molar-refractivity contribution is -0.136. The van der Waals surface area contributed by atoms with E-state index in [4.69, 9.17) is 46.9 Å². The maximum Gasteiger partial charge on any atom is 0.337 e. The van der Waals surface area contributed by atoms with Crippen LogP contribution in [0.2, 0.25) is 10.0 Å². The number of rotatable bonds is 12. The molecule has 240 valence electrons. The molecule has 46 heavy (non-hydrogen) atoms. The van der Waals surface area contributed by atoms with E-state index in [1.165, 1.54) is 29.2 Å². The van der Waals surface area contributed by atoms with Crippen LogP contribution in [0.15, 0.2) is 76.2 Å². The first-order chi connectivity index (χ1) is 22.3. The lowest BCUT2D eigenvalue weighted by atomic mass is 9.97. The second-order valence-corrected chi connectivity index (χ2v) is 11.7. The van der Waals surface area contributed by atoms with Crippen molar-refractivity contribution in [3.05, 3.63) is 113 Å². The minimum atomic E-state index is -0.816. The number of benzene rings is 3. The number of halogens is 2. The van der Waals surface area contributed by atoms with Gasteiger partial charge >= 0.3 is 5.97 Å². The molecule has 0 spiro atoms. The van der Waals surface area contributed by atoms with Crippen molar-refractivity contribution in [2.45, 2.75) is 33.4 Å². The summed E-state index contributed by atoms with van der Waals surface area (Å²) in [5.41, 5.74) is 1.91. The molecule has 0 saturated carbocycles. The van der Waals surface area contributed by atoms with Crippen LogP contribution in [0.1, 0.15) is 43.5 Å². The highest BCUT2D eigenvalue weighted by molar-refractivity contribution is 7.07. The van der Waals surface area contributed by atoms with Crippen LogP contribution in [0, 0.1) is 0 Å². The van der Waals surface area contributed by atoms with Crippen LogP contribution >= 0.6 is 34.5 Å². The smallest absolute Gasteiger partial charge is 0.337 e. The van der Waals surface area contributed by atoms with Gasteiger partial charge in [-0.1, -0.05) is 58.8 Å². The van der Waals surface area contributed by atoms with Crippen molar-refractivity contribution in [1.82, 2.24) is 4.57 Å². The largest absolute Gasteiger partial charge is 0.490 e. The fourth-order valence-electron chi connectivity index (χ4n) is 4.98. The molecule has 4 aromatic rings. The van der Waals surface area contributed by atoms with Gasteiger partial charge in [0.05, 0.1) is 48.1 Å². The van der Waals surface area contributed by atoms with Gasteiger partial charge in [-0.05, 0) is 68.3 Å². The number of esters is 1. The molecule has 0 aliphatic carbocycles. The summed E-state index contributed by atoms with van der Waals surface area (Å²) in [4.78, 5) is 31.8. The number of thiazole rings is 1. The molecule has 0 N–H and O–H groups in total. The lowest BCUT2D eigenvalue weighted by Crippen LogP contribution is -2.39.